The Morgan fingerprint density at radius 2 is 1.62 bits per heavy atom. The van der Waals surface area contributed by atoms with E-state index in [0.717, 1.165) is 11.1 Å². The van der Waals surface area contributed by atoms with E-state index >= 15 is 0 Å². The zero-order chi connectivity index (χ0) is 15.7. The van der Waals surface area contributed by atoms with Crippen molar-refractivity contribution in [3.8, 4) is 0 Å². The van der Waals surface area contributed by atoms with Crippen LogP contribution in [0.5, 0.6) is 0 Å². The summed E-state index contributed by atoms with van der Waals surface area (Å²) in [6.45, 7) is 4.07. The van der Waals surface area contributed by atoms with Crippen LogP contribution in [0, 0.1) is 19.3 Å². The molecule has 0 unspecified atom stereocenters. The van der Waals surface area contributed by atoms with E-state index in [1.807, 2.05) is 44.4 Å². The maximum atomic E-state index is 6.95. The summed E-state index contributed by atoms with van der Waals surface area (Å²) in [5.74, 6) is 0. The molecule has 4 N–H and O–H groups in total. The molecule has 0 aromatic heterocycles. The van der Waals surface area contributed by atoms with Crippen LogP contribution in [0.4, 0.5) is 5.69 Å². The van der Waals surface area contributed by atoms with Crippen molar-refractivity contribution in [2.75, 3.05) is 12.8 Å². The molecule has 0 heterocycles. The summed E-state index contributed by atoms with van der Waals surface area (Å²) in [5, 5.41) is 9.90. The van der Waals surface area contributed by atoms with Gasteiger partial charge in [-0.05, 0) is 43.3 Å². The van der Waals surface area contributed by atoms with Crippen LogP contribution in [0.1, 0.15) is 22.3 Å². The number of rotatable bonds is 3. The van der Waals surface area contributed by atoms with Crippen molar-refractivity contribution < 1.29 is 0 Å². The first kappa shape index (κ1) is 16.5. The lowest BCUT2D eigenvalue weighted by molar-refractivity contribution is 1.11. The predicted molar refractivity (Wildman–Crippen MR) is 92.7 cm³/mol. The number of aryl methyl sites for hydroxylation is 2. The van der Waals surface area contributed by atoms with Gasteiger partial charge in [0, 0.05) is 24.5 Å². The third-order valence-corrected chi connectivity index (χ3v) is 2.92. The van der Waals surface area contributed by atoms with Crippen molar-refractivity contribution in [2.24, 2.45) is 0 Å². The summed E-state index contributed by atoms with van der Waals surface area (Å²) in [4.78, 5) is 0. The molecule has 2 aromatic carbocycles. The minimum absolute atomic E-state index is 0.676. The van der Waals surface area contributed by atoms with Crippen LogP contribution in [0.3, 0.4) is 0 Å². The van der Waals surface area contributed by atoms with E-state index in [0.29, 0.717) is 5.69 Å². The van der Waals surface area contributed by atoms with E-state index in [2.05, 4.69) is 36.5 Å². The summed E-state index contributed by atoms with van der Waals surface area (Å²) >= 11 is 0. The van der Waals surface area contributed by atoms with Gasteiger partial charge in [0.05, 0.1) is 0 Å². The summed E-state index contributed by atoms with van der Waals surface area (Å²) in [6.07, 6.45) is 5.22. The summed E-state index contributed by atoms with van der Waals surface area (Å²) in [6, 6.07) is 14.1. The first-order valence-electron chi connectivity index (χ1n) is 6.84. The van der Waals surface area contributed by atoms with Crippen LogP contribution >= 0.6 is 0 Å². The fourth-order valence-corrected chi connectivity index (χ4v) is 1.68. The van der Waals surface area contributed by atoms with Gasteiger partial charge in [0.1, 0.15) is 0 Å². The van der Waals surface area contributed by atoms with Crippen molar-refractivity contribution in [2.45, 2.75) is 13.8 Å². The first-order chi connectivity index (χ1) is 10.1. The van der Waals surface area contributed by atoms with Crippen molar-refractivity contribution >= 4 is 18.0 Å². The summed E-state index contributed by atoms with van der Waals surface area (Å²) < 4.78 is 0. The molecule has 3 heteroatoms. The molecule has 0 saturated carbocycles. The molecular formula is C18H23N3. The number of hydrogen-bond donors (Lipinski definition) is 3. The van der Waals surface area contributed by atoms with Crippen LogP contribution in [-0.4, -0.2) is 13.3 Å². The van der Waals surface area contributed by atoms with Gasteiger partial charge in [-0.3, -0.25) is 0 Å². The number of hydrogen-bond acceptors (Lipinski definition) is 3. The van der Waals surface area contributed by atoms with E-state index in [9.17, 15) is 0 Å². The van der Waals surface area contributed by atoms with E-state index in [1.165, 1.54) is 17.3 Å². The maximum absolute atomic E-state index is 6.95. The first-order valence-corrected chi connectivity index (χ1v) is 6.84. The Labute approximate surface area is 127 Å². The Bertz CT molecular complexity index is 598. The highest BCUT2D eigenvalue weighted by molar-refractivity contribution is 5.84. The number of nitrogens with one attached hydrogen (secondary N) is 2. The van der Waals surface area contributed by atoms with Crippen LogP contribution in [0.15, 0.2) is 48.7 Å². The molecular weight excluding hydrogens is 258 g/mol. The van der Waals surface area contributed by atoms with Gasteiger partial charge in [0.2, 0.25) is 0 Å². The number of benzene rings is 2. The molecule has 0 amide bonds. The molecule has 21 heavy (non-hydrogen) atoms. The lowest BCUT2D eigenvalue weighted by Crippen LogP contribution is -1.92. The fourth-order valence-electron chi connectivity index (χ4n) is 1.68. The zero-order valence-electron chi connectivity index (χ0n) is 12.9. The number of nitrogens with two attached hydrogens (primary N) is 1. The maximum Gasteiger partial charge on any atom is 0.0405 e. The lowest BCUT2D eigenvalue weighted by Gasteiger charge is -1.98. The molecule has 0 aliphatic rings. The topological polar surface area (TPSA) is 61.9 Å². The van der Waals surface area contributed by atoms with E-state index in [1.54, 1.807) is 0 Å². The van der Waals surface area contributed by atoms with Crippen LogP contribution in [-0.2, 0) is 0 Å². The minimum Gasteiger partial charge on any atom is -0.398 e. The molecule has 0 atom stereocenters. The molecule has 0 aliphatic carbocycles. The average Bonchev–Trinajstić information content (AvgIpc) is 2.47. The van der Waals surface area contributed by atoms with Gasteiger partial charge in [-0.25, -0.2) is 0 Å². The number of nitrogen functional groups attached to an aromatic ring is 1. The molecule has 110 valence electrons. The average molecular weight is 281 g/mol. The molecule has 3 nitrogen and oxygen atoms in total. The standard InChI is InChI=1S/C10H13N.C8H10N2/c1-9-3-5-10(6-4-9)7-8-11-2;1-6-2-3-7(5-9)8(10)4-6/h3-8,11H,1-2H3;2-5,9H,10H2,1H3/b8-7-;. The molecule has 0 bridgehead atoms. The van der Waals surface area contributed by atoms with E-state index in [-0.39, 0.29) is 0 Å². The Kier molecular flexibility index (Phi) is 6.75. The Morgan fingerprint density at radius 3 is 2.14 bits per heavy atom. The highest BCUT2D eigenvalue weighted by Gasteiger charge is 1.93. The quantitative estimate of drug-likeness (QED) is 0.592. The predicted octanol–water partition coefficient (Wildman–Crippen LogP) is 3.76. The monoisotopic (exact) mass is 281 g/mol. The second-order valence-corrected chi connectivity index (χ2v) is 4.81. The Balaban J connectivity index is 0.000000211. The van der Waals surface area contributed by atoms with Crippen LogP contribution in [0.2, 0.25) is 0 Å². The van der Waals surface area contributed by atoms with Crippen molar-refractivity contribution in [3.05, 3.63) is 70.9 Å². The molecule has 0 radical (unpaired) electrons. The molecule has 0 fully saturated rings. The highest BCUT2D eigenvalue weighted by Crippen LogP contribution is 2.10. The van der Waals surface area contributed by atoms with E-state index in [4.69, 9.17) is 11.1 Å². The molecule has 0 spiro atoms. The van der Waals surface area contributed by atoms with Crippen molar-refractivity contribution in [1.82, 2.24) is 5.32 Å². The smallest absolute Gasteiger partial charge is 0.0405 e. The normalized spacial score (nSPS) is 9.86. The Morgan fingerprint density at radius 1 is 1.00 bits per heavy atom. The Hall–Kier alpha value is -2.55. The second-order valence-electron chi connectivity index (χ2n) is 4.81. The van der Waals surface area contributed by atoms with Gasteiger partial charge in [-0.15, -0.1) is 0 Å². The second kappa shape index (κ2) is 8.59. The third-order valence-electron chi connectivity index (χ3n) is 2.92. The molecule has 2 rings (SSSR count). The zero-order valence-corrected chi connectivity index (χ0v) is 12.9. The van der Waals surface area contributed by atoms with Gasteiger partial charge in [0.15, 0.2) is 0 Å². The van der Waals surface area contributed by atoms with Crippen LogP contribution < -0.4 is 11.1 Å². The van der Waals surface area contributed by atoms with E-state index < -0.39 is 0 Å². The minimum atomic E-state index is 0.676. The van der Waals surface area contributed by atoms with Gasteiger partial charge < -0.3 is 16.5 Å². The van der Waals surface area contributed by atoms with Crippen LogP contribution in [0.25, 0.3) is 6.08 Å². The molecule has 2 aromatic rings. The van der Waals surface area contributed by atoms with Crippen molar-refractivity contribution in [1.29, 1.82) is 5.41 Å². The van der Waals surface area contributed by atoms with Crippen molar-refractivity contribution in [3.63, 3.8) is 0 Å². The summed E-state index contributed by atoms with van der Waals surface area (Å²) in [5.41, 5.74) is 10.7. The highest BCUT2D eigenvalue weighted by atomic mass is 14.8. The number of anilines is 1. The van der Waals surface area contributed by atoms with Gasteiger partial charge >= 0.3 is 0 Å². The summed E-state index contributed by atoms with van der Waals surface area (Å²) in [7, 11) is 1.89. The van der Waals surface area contributed by atoms with Gasteiger partial charge in [-0.1, -0.05) is 42.0 Å². The molecule has 0 aliphatic heterocycles. The third kappa shape index (κ3) is 5.95. The largest absolute Gasteiger partial charge is 0.398 e. The van der Waals surface area contributed by atoms with Gasteiger partial charge in [-0.2, -0.15) is 0 Å². The lowest BCUT2D eigenvalue weighted by atomic mass is 10.1. The van der Waals surface area contributed by atoms with Gasteiger partial charge in [0.25, 0.3) is 0 Å². The molecule has 0 saturated heterocycles. The SMILES string of the molecule is CN/C=C\c1ccc(C)cc1.Cc1ccc(C=N)c(N)c1. The fraction of sp³-hybridized carbons (Fsp3) is 0.167.